The molecule has 0 amide bonds. The van der Waals surface area contributed by atoms with Gasteiger partial charge in [0.15, 0.2) is 0 Å². The monoisotopic (exact) mass is 236 g/mol. The van der Waals surface area contributed by atoms with Crippen molar-refractivity contribution in [2.24, 2.45) is 0 Å². The van der Waals surface area contributed by atoms with Crippen LogP contribution in [-0.2, 0) is 0 Å². The van der Waals surface area contributed by atoms with Gasteiger partial charge in [-0.25, -0.2) is 0 Å². The van der Waals surface area contributed by atoms with Gasteiger partial charge in [-0.3, -0.25) is 5.41 Å². The third kappa shape index (κ3) is 3.56. The van der Waals surface area contributed by atoms with Crippen LogP contribution in [0.5, 0.6) is 0 Å². The molecule has 0 bridgehead atoms. The SMILES string of the molecule is CSCCC(C)N(C)C(=N)c1ccccc1. The minimum Gasteiger partial charge on any atom is -0.357 e. The number of thioether (sulfide) groups is 1. The second-order valence-electron chi connectivity index (χ2n) is 3.96. The molecule has 0 saturated heterocycles. The molecule has 88 valence electrons. The first-order valence-corrected chi connectivity index (χ1v) is 6.92. The molecule has 0 aliphatic heterocycles. The van der Waals surface area contributed by atoms with Gasteiger partial charge in [-0.05, 0) is 25.4 Å². The molecule has 0 aliphatic carbocycles. The first-order chi connectivity index (χ1) is 7.66. The van der Waals surface area contributed by atoms with Gasteiger partial charge in [0.05, 0.1) is 0 Å². The van der Waals surface area contributed by atoms with Crippen molar-refractivity contribution in [1.29, 1.82) is 5.41 Å². The summed E-state index contributed by atoms with van der Waals surface area (Å²) in [6, 6.07) is 10.3. The molecular formula is C13H20N2S. The lowest BCUT2D eigenvalue weighted by Gasteiger charge is -2.27. The van der Waals surface area contributed by atoms with Gasteiger partial charge in [-0.1, -0.05) is 30.3 Å². The summed E-state index contributed by atoms with van der Waals surface area (Å²) in [5, 5.41) is 8.12. The van der Waals surface area contributed by atoms with E-state index in [4.69, 9.17) is 5.41 Å². The van der Waals surface area contributed by atoms with Crippen LogP contribution in [0.4, 0.5) is 0 Å². The number of hydrogen-bond acceptors (Lipinski definition) is 2. The number of hydrogen-bond donors (Lipinski definition) is 1. The maximum atomic E-state index is 8.12. The van der Waals surface area contributed by atoms with Crippen LogP contribution < -0.4 is 0 Å². The normalized spacial score (nSPS) is 12.2. The standard InChI is InChI=1S/C13H20N2S/c1-11(9-10-16-3)15(2)13(14)12-7-5-4-6-8-12/h4-8,11,14H,9-10H2,1-3H3. The Bertz CT molecular complexity index is 324. The van der Waals surface area contributed by atoms with Gasteiger partial charge in [0.2, 0.25) is 0 Å². The molecule has 0 radical (unpaired) electrons. The highest BCUT2D eigenvalue weighted by molar-refractivity contribution is 7.98. The third-order valence-corrected chi connectivity index (χ3v) is 3.44. The van der Waals surface area contributed by atoms with E-state index in [1.165, 1.54) is 0 Å². The van der Waals surface area contributed by atoms with E-state index in [-0.39, 0.29) is 0 Å². The highest BCUT2D eigenvalue weighted by Gasteiger charge is 2.13. The number of nitrogens with one attached hydrogen (secondary N) is 1. The lowest BCUT2D eigenvalue weighted by atomic mass is 10.1. The zero-order valence-electron chi connectivity index (χ0n) is 10.2. The summed E-state index contributed by atoms with van der Waals surface area (Å²) in [6.45, 7) is 2.17. The lowest BCUT2D eigenvalue weighted by molar-refractivity contribution is 0.381. The predicted molar refractivity (Wildman–Crippen MR) is 73.5 cm³/mol. The molecule has 1 atom stereocenters. The second-order valence-corrected chi connectivity index (χ2v) is 4.94. The van der Waals surface area contributed by atoms with Gasteiger partial charge < -0.3 is 4.90 Å². The molecule has 1 aromatic carbocycles. The van der Waals surface area contributed by atoms with Gasteiger partial charge in [0.25, 0.3) is 0 Å². The molecule has 1 N–H and O–H groups in total. The molecule has 1 unspecified atom stereocenters. The van der Waals surface area contributed by atoms with Crippen LogP contribution >= 0.6 is 11.8 Å². The summed E-state index contributed by atoms with van der Waals surface area (Å²) in [6.07, 6.45) is 3.24. The Balaban J connectivity index is 2.60. The molecule has 0 heterocycles. The van der Waals surface area contributed by atoms with E-state index < -0.39 is 0 Å². The summed E-state index contributed by atoms with van der Waals surface area (Å²) in [5.41, 5.74) is 0.987. The minimum absolute atomic E-state index is 0.417. The highest BCUT2D eigenvalue weighted by atomic mass is 32.2. The zero-order chi connectivity index (χ0) is 12.0. The van der Waals surface area contributed by atoms with Crippen LogP contribution in [0.2, 0.25) is 0 Å². The highest BCUT2D eigenvalue weighted by Crippen LogP contribution is 2.10. The smallest absolute Gasteiger partial charge is 0.128 e. The maximum Gasteiger partial charge on any atom is 0.128 e. The topological polar surface area (TPSA) is 27.1 Å². The van der Waals surface area contributed by atoms with E-state index in [2.05, 4.69) is 13.2 Å². The maximum absolute atomic E-state index is 8.12. The van der Waals surface area contributed by atoms with E-state index in [1.54, 1.807) is 0 Å². The summed E-state index contributed by atoms with van der Waals surface area (Å²) < 4.78 is 0. The molecular weight excluding hydrogens is 216 g/mol. The Morgan fingerprint density at radius 2 is 2.00 bits per heavy atom. The van der Waals surface area contributed by atoms with Crippen LogP contribution in [0.25, 0.3) is 0 Å². The first kappa shape index (κ1) is 13.1. The average molecular weight is 236 g/mol. The van der Waals surface area contributed by atoms with Crippen molar-refractivity contribution in [2.75, 3.05) is 19.1 Å². The van der Waals surface area contributed by atoms with Gasteiger partial charge in [0, 0.05) is 18.7 Å². The van der Waals surface area contributed by atoms with Crippen LogP contribution in [0.1, 0.15) is 18.9 Å². The number of rotatable bonds is 5. The zero-order valence-corrected chi connectivity index (χ0v) is 11.1. The first-order valence-electron chi connectivity index (χ1n) is 5.52. The van der Waals surface area contributed by atoms with Gasteiger partial charge in [-0.15, -0.1) is 0 Å². The van der Waals surface area contributed by atoms with Gasteiger partial charge >= 0.3 is 0 Å². The van der Waals surface area contributed by atoms with Crippen molar-refractivity contribution in [2.45, 2.75) is 19.4 Å². The quantitative estimate of drug-likeness (QED) is 0.628. The van der Waals surface area contributed by atoms with Gasteiger partial charge in [-0.2, -0.15) is 11.8 Å². The van der Waals surface area contributed by atoms with E-state index >= 15 is 0 Å². The second kappa shape index (κ2) is 6.59. The van der Waals surface area contributed by atoms with Crippen LogP contribution in [0, 0.1) is 5.41 Å². The van der Waals surface area contributed by atoms with Crippen molar-refractivity contribution in [3.63, 3.8) is 0 Å². The summed E-state index contributed by atoms with van der Waals surface area (Å²) in [5.74, 6) is 1.75. The average Bonchev–Trinajstić information content (AvgIpc) is 2.35. The Hall–Kier alpha value is -0.960. The molecule has 1 aromatic rings. The van der Waals surface area contributed by atoms with Crippen molar-refractivity contribution in [3.8, 4) is 0 Å². The molecule has 0 saturated carbocycles. The lowest BCUT2D eigenvalue weighted by Crippen LogP contribution is -2.35. The number of nitrogens with zero attached hydrogens (tertiary/aromatic N) is 1. The Kier molecular flexibility index (Phi) is 5.39. The fraction of sp³-hybridized carbons (Fsp3) is 0.462. The third-order valence-electron chi connectivity index (χ3n) is 2.80. The van der Waals surface area contributed by atoms with E-state index in [0.29, 0.717) is 11.9 Å². The van der Waals surface area contributed by atoms with Crippen molar-refractivity contribution < 1.29 is 0 Å². The predicted octanol–water partition coefficient (Wildman–Crippen LogP) is 3.09. The van der Waals surface area contributed by atoms with Crippen LogP contribution in [0.15, 0.2) is 30.3 Å². The number of amidine groups is 1. The van der Waals surface area contributed by atoms with E-state index in [0.717, 1.165) is 17.7 Å². The molecule has 1 rings (SSSR count). The molecule has 0 spiro atoms. The Labute approximate surface area is 103 Å². The van der Waals surface area contributed by atoms with Crippen LogP contribution in [-0.4, -0.2) is 35.8 Å². The fourth-order valence-corrected chi connectivity index (χ4v) is 2.08. The Morgan fingerprint density at radius 3 is 2.56 bits per heavy atom. The summed E-state index contributed by atoms with van der Waals surface area (Å²) >= 11 is 1.86. The van der Waals surface area contributed by atoms with E-state index in [1.807, 2.05) is 54.0 Å². The number of benzene rings is 1. The van der Waals surface area contributed by atoms with Gasteiger partial charge in [0.1, 0.15) is 5.84 Å². The minimum atomic E-state index is 0.417. The molecule has 2 nitrogen and oxygen atoms in total. The summed E-state index contributed by atoms with van der Waals surface area (Å²) in [4.78, 5) is 2.05. The Morgan fingerprint density at radius 1 is 1.38 bits per heavy atom. The van der Waals surface area contributed by atoms with E-state index in [9.17, 15) is 0 Å². The molecule has 0 fully saturated rings. The van der Waals surface area contributed by atoms with Crippen molar-refractivity contribution in [3.05, 3.63) is 35.9 Å². The molecule has 0 aliphatic rings. The largest absolute Gasteiger partial charge is 0.357 e. The fourth-order valence-electron chi connectivity index (χ4n) is 1.50. The summed E-state index contributed by atoms with van der Waals surface area (Å²) in [7, 11) is 2.00. The molecule has 0 aromatic heterocycles. The molecule has 3 heteroatoms. The molecule has 16 heavy (non-hydrogen) atoms. The van der Waals surface area contributed by atoms with Crippen molar-refractivity contribution in [1.82, 2.24) is 4.90 Å². The van der Waals surface area contributed by atoms with Crippen LogP contribution in [0.3, 0.4) is 0 Å². The van der Waals surface area contributed by atoms with Crippen molar-refractivity contribution >= 4 is 17.6 Å².